The van der Waals surface area contributed by atoms with Crippen LogP contribution in [0.15, 0.2) is 24.8 Å². The summed E-state index contributed by atoms with van der Waals surface area (Å²) in [5.74, 6) is 0.933. The van der Waals surface area contributed by atoms with Gasteiger partial charge >= 0.3 is 0 Å². The molecule has 0 saturated carbocycles. The van der Waals surface area contributed by atoms with Crippen molar-refractivity contribution in [2.75, 3.05) is 31.4 Å². The lowest BCUT2D eigenvalue weighted by atomic mass is 10.4. The molecule has 0 radical (unpaired) electrons. The monoisotopic (exact) mass is 274 g/mol. The summed E-state index contributed by atoms with van der Waals surface area (Å²) in [6.45, 7) is 0. The first-order valence-corrected chi connectivity index (χ1v) is 5.77. The van der Waals surface area contributed by atoms with E-state index in [0.29, 0.717) is 11.6 Å². The summed E-state index contributed by atoms with van der Waals surface area (Å²) in [5, 5.41) is 2.53. The molecule has 2 aromatic rings. The SMILES string of the molecule is COc1cnc(NC(=O)c2cnc(N(C)C)cn2)nc1. The standard InChI is InChI=1S/C12H14N6O2/c1-18(2)10-7-13-9(6-14-10)11(19)17-12-15-4-8(20-3)5-16-12/h4-7H,1-3H3,(H,15,16,17,19). The molecule has 0 aliphatic heterocycles. The number of hydrogen-bond donors (Lipinski definition) is 1. The molecule has 0 aromatic carbocycles. The lowest BCUT2D eigenvalue weighted by molar-refractivity contribution is 0.102. The van der Waals surface area contributed by atoms with Crippen LogP contribution in [-0.2, 0) is 0 Å². The van der Waals surface area contributed by atoms with E-state index in [2.05, 4.69) is 25.3 Å². The van der Waals surface area contributed by atoms with E-state index in [1.165, 1.54) is 31.9 Å². The number of carbonyl (C=O) groups is 1. The molecule has 0 bridgehead atoms. The van der Waals surface area contributed by atoms with E-state index < -0.39 is 5.91 Å². The van der Waals surface area contributed by atoms with Gasteiger partial charge in [0.15, 0.2) is 5.75 Å². The van der Waals surface area contributed by atoms with Gasteiger partial charge in [0.2, 0.25) is 5.95 Å². The summed E-state index contributed by atoms with van der Waals surface area (Å²) < 4.78 is 4.93. The maximum absolute atomic E-state index is 11.9. The Morgan fingerprint density at radius 3 is 2.30 bits per heavy atom. The average Bonchev–Trinajstić information content (AvgIpc) is 2.48. The van der Waals surface area contributed by atoms with Crippen molar-refractivity contribution in [1.29, 1.82) is 0 Å². The quantitative estimate of drug-likeness (QED) is 0.872. The lowest BCUT2D eigenvalue weighted by Crippen LogP contribution is -2.17. The normalized spacial score (nSPS) is 9.95. The highest BCUT2D eigenvalue weighted by atomic mass is 16.5. The summed E-state index contributed by atoms with van der Waals surface area (Å²) in [6, 6.07) is 0. The van der Waals surface area contributed by atoms with E-state index in [4.69, 9.17) is 4.74 Å². The zero-order valence-corrected chi connectivity index (χ0v) is 11.4. The summed E-state index contributed by atoms with van der Waals surface area (Å²) in [7, 11) is 5.20. The van der Waals surface area contributed by atoms with Crippen LogP contribution >= 0.6 is 0 Å². The van der Waals surface area contributed by atoms with Crippen LogP contribution < -0.4 is 15.0 Å². The topological polar surface area (TPSA) is 93.1 Å². The molecule has 0 atom stereocenters. The van der Waals surface area contributed by atoms with Gasteiger partial charge in [0.1, 0.15) is 11.5 Å². The summed E-state index contributed by atoms with van der Waals surface area (Å²) >= 11 is 0. The third-order valence-electron chi connectivity index (χ3n) is 2.42. The number of amides is 1. The molecule has 2 rings (SSSR count). The second-order valence-corrected chi connectivity index (χ2v) is 4.05. The van der Waals surface area contributed by atoms with Crippen LogP contribution in [0.5, 0.6) is 5.75 Å². The van der Waals surface area contributed by atoms with Gasteiger partial charge in [-0.1, -0.05) is 0 Å². The number of nitrogens with one attached hydrogen (secondary N) is 1. The van der Waals surface area contributed by atoms with Gasteiger partial charge in [-0.15, -0.1) is 0 Å². The predicted molar refractivity (Wildman–Crippen MR) is 72.9 cm³/mol. The van der Waals surface area contributed by atoms with E-state index in [-0.39, 0.29) is 11.6 Å². The van der Waals surface area contributed by atoms with E-state index in [1.807, 2.05) is 14.1 Å². The Morgan fingerprint density at radius 2 is 1.80 bits per heavy atom. The second kappa shape index (κ2) is 5.91. The highest BCUT2D eigenvalue weighted by Crippen LogP contribution is 2.09. The van der Waals surface area contributed by atoms with E-state index >= 15 is 0 Å². The average molecular weight is 274 g/mol. The van der Waals surface area contributed by atoms with Crippen molar-refractivity contribution in [3.8, 4) is 5.75 Å². The maximum Gasteiger partial charge on any atom is 0.278 e. The predicted octanol–water partition coefficient (Wildman–Crippen LogP) is 0.593. The van der Waals surface area contributed by atoms with Crippen LogP contribution in [0.25, 0.3) is 0 Å². The first-order valence-electron chi connectivity index (χ1n) is 5.77. The summed E-state index contributed by atoms with van der Waals surface area (Å²) in [5.41, 5.74) is 0.190. The first kappa shape index (κ1) is 13.7. The van der Waals surface area contributed by atoms with Crippen LogP contribution in [0.2, 0.25) is 0 Å². The molecule has 2 aromatic heterocycles. The van der Waals surface area contributed by atoms with Crippen molar-refractivity contribution in [3.63, 3.8) is 0 Å². The number of carbonyl (C=O) groups excluding carboxylic acids is 1. The van der Waals surface area contributed by atoms with Gasteiger partial charge in [-0.05, 0) is 0 Å². The van der Waals surface area contributed by atoms with Crippen molar-refractivity contribution in [2.24, 2.45) is 0 Å². The number of rotatable bonds is 4. The largest absolute Gasteiger partial charge is 0.494 e. The van der Waals surface area contributed by atoms with Crippen molar-refractivity contribution < 1.29 is 9.53 Å². The fourth-order valence-electron chi connectivity index (χ4n) is 1.32. The Morgan fingerprint density at radius 1 is 1.10 bits per heavy atom. The number of hydrogen-bond acceptors (Lipinski definition) is 7. The van der Waals surface area contributed by atoms with Crippen molar-refractivity contribution in [3.05, 3.63) is 30.5 Å². The van der Waals surface area contributed by atoms with Crippen molar-refractivity contribution >= 4 is 17.7 Å². The molecule has 8 heteroatoms. The first-order chi connectivity index (χ1) is 9.60. The third-order valence-corrected chi connectivity index (χ3v) is 2.42. The van der Waals surface area contributed by atoms with Gasteiger partial charge in [-0.3, -0.25) is 10.1 Å². The van der Waals surface area contributed by atoms with Crippen LogP contribution in [0.4, 0.5) is 11.8 Å². The fraction of sp³-hybridized carbons (Fsp3) is 0.250. The molecule has 1 amide bonds. The van der Waals surface area contributed by atoms with Gasteiger partial charge in [0.05, 0.1) is 31.9 Å². The molecule has 0 aliphatic carbocycles. The molecule has 2 heterocycles. The summed E-state index contributed by atoms with van der Waals surface area (Å²) in [4.78, 5) is 29.7. The van der Waals surface area contributed by atoms with E-state index in [1.54, 1.807) is 4.90 Å². The lowest BCUT2D eigenvalue weighted by Gasteiger charge is -2.10. The molecule has 0 aliphatic rings. The van der Waals surface area contributed by atoms with Crippen LogP contribution in [-0.4, -0.2) is 47.0 Å². The van der Waals surface area contributed by atoms with Gasteiger partial charge in [0.25, 0.3) is 5.91 Å². The molecular weight excluding hydrogens is 260 g/mol. The molecule has 104 valence electrons. The van der Waals surface area contributed by atoms with Crippen molar-refractivity contribution in [2.45, 2.75) is 0 Å². The molecule has 0 spiro atoms. The Kier molecular flexibility index (Phi) is 4.04. The zero-order valence-electron chi connectivity index (χ0n) is 11.4. The minimum absolute atomic E-state index is 0.175. The summed E-state index contributed by atoms with van der Waals surface area (Å²) in [6.07, 6.45) is 5.84. The molecule has 20 heavy (non-hydrogen) atoms. The van der Waals surface area contributed by atoms with Crippen LogP contribution in [0.1, 0.15) is 10.5 Å². The number of ether oxygens (including phenoxy) is 1. The van der Waals surface area contributed by atoms with Crippen LogP contribution in [0, 0.1) is 0 Å². The highest BCUT2D eigenvalue weighted by molar-refractivity contribution is 6.01. The van der Waals surface area contributed by atoms with E-state index in [0.717, 1.165) is 0 Å². The number of aromatic nitrogens is 4. The minimum atomic E-state index is -0.423. The Labute approximate surface area is 115 Å². The molecule has 8 nitrogen and oxygen atoms in total. The number of anilines is 2. The number of nitrogens with zero attached hydrogens (tertiary/aromatic N) is 5. The third kappa shape index (κ3) is 3.16. The van der Waals surface area contributed by atoms with Gasteiger partial charge in [-0.25, -0.2) is 19.9 Å². The second-order valence-electron chi connectivity index (χ2n) is 4.05. The van der Waals surface area contributed by atoms with Crippen LogP contribution in [0.3, 0.4) is 0 Å². The Bertz CT molecular complexity index is 582. The number of methoxy groups -OCH3 is 1. The molecular formula is C12H14N6O2. The van der Waals surface area contributed by atoms with Gasteiger partial charge in [0, 0.05) is 14.1 Å². The molecule has 0 saturated heterocycles. The maximum atomic E-state index is 11.9. The van der Waals surface area contributed by atoms with Gasteiger partial charge < -0.3 is 9.64 Å². The van der Waals surface area contributed by atoms with E-state index in [9.17, 15) is 4.79 Å². The highest BCUT2D eigenvalue weighted by Gasteiger charge is 2.10. The zero-order chi connectivity index (χ0) is 14.5. The Balaban J connectivity index is 2.07. The molecule has 0 unspecified atom stereocenters. The molecule has 1 N–H and O–H groups in total. The Hall–Kier alpha value is -2.77. The fourth-order valence-corrected chi connectivity index (χ4v) is 1.32. The van der Waals surface area contributed by atoms with Crippen molar-refractivity contribution in [1.82, 2.24) is 19.9 Å². The smallest absolute Gasteiger partial charge is 0.278 e. The molecule has 0 fully saturated rings. The minimum Gasteiger partial charge on any atom is -0.494 e. The van der Waals surface area contributed by atoms with Gasteiger partial charge in [-0.2, -0.15) is 0 Å².